The molecule has 6 rings (SSSR count). The number of benzene rings is 3. The van der Waals surface area contributed by atoms with Crippen LogP contribution in [0.2, 0.25) is 0 Å². The first-order valence-electron chi connectivity index (χ1n) is 16.0. The number of fused-ring (bicyclic) bond motifs is 1. The zero-order chi connectivity index (χ0) is 35.4. The summed E-state index contributed by atoms with van der Waals surface area (Å²) in [4.78, 5) is 50.2. The summed E-state index contributed by atoms with van der Waals surface area (Å²) in [5.41, 5.74) is 0.0926. The van der Waals surface area contributed by atoms with E-state index < -0.39 is 11.7 Å². The van der Waals surface area contributed by atoms with Crippen LogP contribution in [0.5, 0.6) is 11.5 Å². The zero-order valence-electron chi connectivity index (χ0n) is 27.3. The van der Waals surface area contributed by atoms with Crippen LogP contribution < -0.4 is 15.0 Å². The molecule has 1 fully saturated rings. The van der Waals surface area contributed by atoms with Gasteiger partial charge in [0.1, 0.15) is 23.9 Å². The van der Waals surface area contributed by atoms with Gasteiger partial charge in [0.25, 0.3) is 11.5 Å². The standard InChI is InChI=1S/C35H34F3N7O5/c1-23(2)50-31-12-7-24(30(46)20-44-39-13-14-40-44)19-29(31)45-32(41-28-6-4-3-5-27(28)34(45)48)21-42-15-17-43(18-16-42)33(47)22-49-26-10-8-25(9-11-26)35(36,37)38/h3-14,19,23H,15-18,20-22H2,1-2H3. The Balaban J connectivity index is 1.22. The van der Waals surface area contributed by atoms with Crippen molar-refractivity contribution in [2.45, 2.75) is 39.2 Å². The van der Waals surface area contributed by atoms with Crippen LogP contribution in [0.4, 0.5) is 13.2 Å². The third-order valence-corrected chi connectivity index (χ3v) is 8.12. The second kappa shape index (κ2) is 14.5. The average molecular weight is 690 g/mol. The first-order chi connectivity index (χ1) is 24.0. The van der Waals surface area contributed by atoms with Crippen molar-refractivity contribution in [1.82, 2.24) is 34.3 Å². The van der Waals surface area contributed by atoms with Crippen LogP contribution in [0, 0.1) is 0 Å². The van der Waals surface area contributed by atoms with E-state index in [2.05, 4.69) is 15.1 Å². The summed E-state index contributed by atoms with van der Waals surface area (Å²) in [6.45, 7) is 5.21. The number of ketones is 1. The van der Waals surface area contributed by atoms with Crippen molar-refractivity contribution in [3.05, 3.63) is 106 Å². The zero-order valence-corrected chi connectivity index (χ0v) is 27.3. The Morgan fingerprint density at radius 3 is 2.30 bits per heavy atom. The van der Waals surface area contributed by atoms with E-state index in [1.165, 1.54) is 33.9 Å². The van der Waals surface area contributed by atoms with E-state index in [1.54, 1.807) is 47.4 Å². The number of alkyl halides is 3. The molecular formula is C35H34F3N7O5. The minimum Gasteiger partial charge on any atom is -0.489 e. The Hall–Kier alpha value is -5.57. The van der Waals surface area contributed by atoms with Crippen LogP contribution in [0.15, 0.2) is 83.9 Å². The summed E-state index contributed by atoms with van der Waals surface area (Å²) in [7, 11) is 0. The molecular weight excluding hydrogens is 655 g/mol. The van der Waals surface area contributed by atoms with Crippen molar-refractivity contribution in [3.63, 3.8) is 0 Å². The highest BCUT2D eigenvalue weighted by atomic mass is 19.4. The first-order valence-corrected chi connectivity index (χ1v) is 16.0. The van der Waals surface area contributed by atoms with Crippen LogP contribution in [-0.2, 0) is 24.1 Å². The third kappa shape index (κ3) is 7.83. The Labute approximate surface area is 284 Å². The van der Waals surface area contributed by atoms with Gasteiger partial charge in [-0.2, -0.15) is 28.2 Å². The van der Waals surface area contributed by atoms with Gasteiger partial charge in [0.15, 0.2) is 12.4 Å². The van der Waals surface area contributed by atoms with Crippen molar-refractivity contribution >= 4 is 22.6 Å². The van der Waals surface area contributed by atoms with Gasteiger partial charge in [0.2, 0.25) is 0 Å². The van der Waals surface area contributed by atoms with Crippen molar-refractivity contribution in [3.8, 4) is 17.2 Å². The van der Waals surface area contributed by atoms with E-state index in [-0.39, 0.29) is 48.8 Å². The van der Waals surface area contributed by atoms with Gasteiger partial charge in [-0.1, -0.05) is 12.1 Å². The van der Waals surface area contributed by atoms with Crippen LogP contribution >= 0.6 is 0 Å². The van der Waals surface area contributed by atoms with Crippen molar-refractivity contribution in [2.75, 3.05) is 32.8 Å². The number of carbonyl (C=O) groups is 2. The number of aromatic nitrogens is 5. The molecule has 3 heterocycles. The summed E-state index contributed by atoms with van der Waals surface area (Å²) in [6, 6.07) is 16.1. The lowest BCUT2D eigenvalue weighted by Gasteiger charge is -2.34. The molecule has 0 spiro atoms. The number of hydrogen-bond acceptors (Lipinski definition) is 9. The van der Waals surface area contributed by atoms with Gasteiger partial charge in [-0.25, -0.2) is 4.98 Å². The van der Waals surface area contributed by atoms with Gasteiger partial charge in [0, 0.05) is 31.7 Å². The van der Waals surface area contributed by atoms with Gasteiger partial charge >= 0.3 is 6.18 Å². The number of amides is 1. The Kier molecular flexibility index (Phi) is 9.95. The molecule has 50 heavy (non-hydrogen) atoms. The molecule has 0 bridgehead atoms. The number of carbonyl (C=O) groups excluding carboxylic acids is 2. The van der Waals surface area contributed by atoms with E-state index in [0.717, 1.165) is 12.1 Å². The maximum absolute atomic E-state index is 14.2. The first kappa shape index (κ1) is 34.3. The van der Waals surface area contributed by atoms with Crippen LogP contribution in [0.25, 0.3) is 16.6 Å². The molecule has 0 N–H and O–H groups in total. The van der Waals surface area contributed by atoms with E-state index >= 15 is 0 Å². The molecule has 3 aromatic carbocycles. The lowest BCUT2D eigenvalue weighted by atomic mass is 10.1. The Morgan fingerprint density at radius 2 is 1.62 bits per heavy atom. The topological polar surface area (TPSA) is 125 Å². The highest BCUT2D eigenvalue weighted by Crippen LogP contribution is 2.30. The average Bonchev–Trinajstić information content (AvgIpc) is 3.61. The van der Waals surface area contributed by atoms with Gasteiger partial charge in [-0.3, -0.25) is 23.9 Å². The Morgan fingerprint density at radius 1 is 0.920 bits per heavy atom. The summed E-state index contributed by atoms with van der Waals surface area (Å²) in [5.74, 6) is 0.427. The molecule has 0 radical (unpaired) electrons. The van der Waals surface area contributed by atoms with E-state index in [1.807, 2.05) is 13.8 Å². The van der Waals surface area contributed by atoms with E-state index in [4.69, 9.17) is 14.5 Å². The van der Waals surface area contributed by atoms with Crippen molar-refractivity contribution < 1.29 is 32.2 Å². The highest BCUT2D eigenvalue weighted by Gasteiger charge is 2.30. The lowest BCUT2D eigenvalue weighted by Crippen LogP contribution is -2.50. The van der Waals surface area contributed by atoms with Crippen molar-refractivity contribution in [1.29, 1.82) is 0 Å². The molecule has 1 amide bonds. The molecule has 12 nitrogen and oxygen atoms in total. The number of halogens is 3. The molecule has 15 heteroatoms. The monoisotopic (exact) mass is 689 g/mol. The molecule has 0 saturated carbocycles. The van der Waals surface area contributed by atoms with Gasteiger partial charge in [-0.05, 0) is 68.4 Å². The third-order valence-electron chi connectivity index (χ3n) is 8.12. The SMILES string of the molecule is CC(C)Oc1ccc(C(=O)Cn2nccn2)cc1-n1c(CN2CCN(C(=O)COc3ccc(C(F)(F)F)cc3)CC2)nc2ccccc2c1=O. The van der Waals surface area contributed by atoms with E-state index in [0.29, 0.717) is 59.9 Å². The minimum atomic E-state index is -4.46. The van der Waals surface area contributed by atoms with Crippen molar-refractivity contribution in [2.24, 2.45) is 0 Å². The Bertz CT molecular complexity index is 2040. The summed E-state index contributed by atoms with van der Waals surface area (Å²) in [5, 5.41) is 8.44. The summed E-state index contributed by atoms with van der Waals surface area (Å²) < 4.78 is 51.6. The molecule has 1 aliphatic heterocycles. The maximum Gasteiger partial charge on any atom is 0.416 e. The summed E-state index contributed by atoms with van der Waals surface area (Å²) in [6.07, 6.45) is -1.73. The quantitative estimate of drug-likeness (QED) is 0.186. The molecule has 260 valence electrons. The molecule has 1 saturated heterocycles. The number of nitrogens with zero attached hydrogens (tertiary/aromatic N) is 7. The fraction of sp³-hybridized carbons (Fsp3) is 0.314. The number of para-hydroxylation sites is 1. The molecule has 0 aliphatic carbocycles. The number of piperazine rings is 1. The molecule has 0 unspecified atom stereocenters. The van der Waals surface area contributed by atoms with Gasteiger partial charge in [-0.15, -0.1) is 0 Å². The second-order valence-corrected chi connectivity index (χ2v) is 12.0. The maximum atomic E-state index is 14.2. The largest absolute Gasteiger partial charge is 0.489 e. The van der Waals surface area contributed by atoms with Gasteiger partial charge < -0.3 is 14.4 Å². The lowest BCUT2D eigenvalue weighted by molar-refractivity contribution is -0.138. The van der Waals surface area contributed by atoms with Crippen LogP contribution in [0.1, 0.15) is 35.6 Å². The minimum absolute atomic E-state index is 0.0904. The van der Waals surface area contributed by atoms with Crippen LogP contribution in [0.3, 0.4) is 0 Å². The summed E-state index contributed by atoms with van der Waals surface area (Å²) >= 11 is 0. The molecule has 2 aromatic heterocycles. The number of rotatable bonds is 11. The normalized spacial score (nSPS) is 13.9. The van der Waals surface area contributed by atoms with E-state index in [9.17, 15) is 27.6 Å². The number of hydrogen-bond donors (Lipinski definition) is 0. The number of ether oxygens (including phenoxy) is 2. The predicted octanol–water partition coefficient (Wildman–Crippen LogP) is 4.39. The highest BCUT2D eigenvalue weighted by molar-refractivity contribution is 5.96. The molecule has 1 aliphatic rings. The van der Waals surface area contributed by atoms with Crippen LogP contribution in [-0.4, -0.2) is 84.9 Å². The smallest absolute Gasteiger partial charge is 0.416 e. The number of Topliss-reactive ketones (excluding diaryl/α,β-unsaturated/α-hetero) is 1. The fourth-order valence-corrected chi connectivity index (χ4v) is 5.63. The fourth-order valence-electron chi connectivity index (χ4n) is 5.63. The molecule has 5 aromatic rings. The molecule has 0 atom stereocenters. The predicted molar refractivity (Wildman–Crippen MR) is 176 cm³/mol. The second-order valence-electron chi connectivity index (χ2n) is 12.0. The van der Waals surface area contributed by atoms with Gasteiger partial charge in [0.05, 0.1) is 47.2 Å².